The Labute approximate surface area is 130 Å². The molecule has 1 aliphatic carbocycles. The van der Waals surface area contributed by atoms with Gasteiger partial charge in [0, 0.05) is 11.6 Å². The maximum atomic E-state index is 12.5. The van der Waals surface area contributed by atoms with Gasteiger partial charge in [-0.05, 0) is 48.1 Å². The fraction of sp³-hybridized carbons (Fsp3) is 0.278. The van der Waals surface area contributed by atoms with Crippen LogP contribution in [0.25, 0.3) is 0 Å². The van der Waals surface area contributed by atoms with Crippen LogP contribution in [0.2, 0.25) is 0 Å². The quantitative estimate of drug-likeness (QED) is 0.832. The summed E-state index contributed by atoms with van der Waals surface area (Å²) in [5.41, 5.74) is 4.37. The molecule has 0 saturated carbocycles. The molecule has 1 aliphatic rings. The van der Waals surface area contributed by atoms with Crippen molar-refractivity contribution in [2.45, 2.75) is 31.1 Å². The Bertz CT molecular complexity index is 636. The number of rotatable bonds is 3. The van der Waals surface area contributed by atoms with Crippen molar-refractivity contribution in [2.75, 3.05) is 5.32 Å². The summed E-state index contributed by atoms with van der Waals surface area (Å²) in [7, 11) is 0. The van der Waals surface area contributed by atoms with Gasteiger partial charge in [-0.1, -0.05) is 36.4 Å². The first-order valence-corrected chi connectivity index (χ1v) is 7.85. The summed E-state index contributed by atoms with van der Waals surface area (Å²) in [4.78, 5) is 12.5. The second-order valence-electron chi connectivity index (χ2n) is 5.46. The summed E-state index contributed by atoms with van der Waals surface area (Å²) < 4.78 is 0. The van der Waals surface area contributed by atoms with Crippen molar-refractivity contribution in [3.8, 4) is 0 Å². The summed E-state index contributed by atoms with van der Waals surface area (Å²) in [6.45, 7) is 0. The summed E-state index contributed by atoms with van der Waals surface area (Å²) in [5, 5.41) is 3.02. The summed E-state index contributed by atoms with van der Waals surface area (Å²) in [6, 6.07) is 16.0. The van der Waals surface area contributed by atoms with Crippen LogP contribution in [0.15, 0.2) is 48.5 Å². The second-order valence-corrected chi connectivity index (χ2v) is 5.73. The molecule has 0 bridgehead atoms. The Balaban J connectivity index is 1.76. The molecule has 2 aromatic carbocycles. The molecule has 2 nitrogen and oxygen atoms in total. The third kappa shape index (κ3) is 3.11. The van der Waals surface area contributed by atoms with Gasteiger partial charge in [0.05, 0.1) is 5.92 Å². The zero-order chi connectivity index (χ0) is 14.7. The molecule has 0 aliphatic heterocycles. The first kappa shape index (κ1) is 14.2. The molecule has 21 heavy (non-hydrogen) atoms. The number of carbonyl (C=O) groups is 1. The fourth-order valence-corrected chi connectivity index (χ4v) is 3.11. The van der Waals surface area contributed by atoms with Gasteiger partial charge in [-0.25, -0.2) is 0 Å². The highest BCUT2D eigenvalue weighted by Gasteiger charge is 2.26. The number of aryl methyl sites for hydroxylation is 1. The van der Waals surface area contributed by atoms with Crippen LogP contribution in [-0.2, 0) is 17.1 Å². The number of anilines is 1. The van der Waals surface area contributed by atoms with Crippen molar-refractivity contribution in [3.63, 3.8) is 0 Å². The van der Waals surface area contributed by atoms with Crippen LogP contribution < -0.4 is 5.32 Å². The zero-order valence-corrected chi connectivity index (χ0v) is 12.6. The van der Waals surface area contributed by atoms with Gasteiger partial charge in [0.15, 0.2) is 0 Å². The zero-order valence-electron chi connectivity index (χ0n) is 11.8. The predicted octanol–water partition coefficient (Wildman–Crippen LogP) is 4.48. The maximum absolute atomic E-state index is 12.5. The van der Waals surface area contributed by atoms with E-state index >= 15 is 0 Å². The summed E-state index contributed by atoms with van der Waals surface area (Å²) >= 11 is 5.78. The van der Waals surface area contributed by atoms with Crippen molar-refractivity contribution in [3.05, 3.63) is 65.2 Å². The van der Waals surface area contributed by atoms with Gasteiger partial charge in [0.2, 0.25) is 5.91 Å². The molecule has 2 aromatic rings. The van der Waals surface area contributed by atoms with Crippen LogP contribution in [0.4, 0.5) is 5.69 Å². The molecule has 3 heteroatoms. The SMILES string of the molecule is O=C(Nc1ccc(CCl)cc1)C1CCCc2ccccc21. The molecule has 1 N–H and O–H groups in total. The van der Waals surface area contributed by atoms with Crippen LogP contribution in [0, 0.1) is 0 Å². The van der Waals surface area contributed by atoms with Gasteiger partial charge in [0.1, 0.15) is 0 Å². The predicted molar refractivity (Wildman–Crippen MR) is 86.7 cm³/mol. The standard InChI is InChI=1S/C18H18ClNO/c19-12-13-8-10-15(11-9-13)20-18(21)17-7-3-5-14-4-1-2-6-16(14)17/h1-2,4,6,8-11,17H,3,5,7,12H2,(H,20,21). The van der Waals surface area contributed by atoms with E-state index in [0.29, 0.717) is 5.88 Å². The third-order valence-corrected chi connectivity index (χ3v) is 4.37. The van der Waals surface area contributed by atoms with E-state index in [2.05, 4.69) is 17.4 Å². The van der Waals surface area contributed by atoms with Gasteiger partial charge in [-0.2, -0.15) is 0 Å². The minimum Gasteiger partial charge on any atom is -0.326 e. The lowest BCUT2D eigenvalue weighted by Crippen LogP contribution is -2.24. The molecule has 0 saturated heterocycles. The van der Waals surface area contributed by atoms with E-state index in [1.807, 2.05) is 36.4 Å². The molecule has 3 rings (SSSR count). The van der Waals surface area contributed by atoms with Crippen LogP contribution >= 0.6 is 11.6 Å². The molecule has 0 spiro atoms. The number of nitrogens with one attached hydrogen (secondary N) is 1. The summed E-state index contributed by atoms with van der Waals surface area (Å²) in [5.74, 6) is 0.535. The molecule has 108 valence electrons. The Hall–Kier alpha value is -1.80. The Morgan fingerprint density at radius 3 is 2.67 bits per heavy atom. The molecular weight excluding hydrogens is 282 g/mol. The molecule has 0 aromatic heterocycles. The number of hydrogen-bond acceptors (Lipinski definition) is 1. The van der Waals surface area contributed by atoms with Gasteiger partial charge in [-0.15, -0.1) is 11.6 Å². The highest BCUT2D eigenvalue weighted by atomic mass is 35.5. The highest BCUT2D eigenvalue weighted by Crippen LogP contribution is 2.32. The monoisotopic (exact) mass is 299 g/mol. The van der Waals surface area contributed by atoms with Crippen molar-refractivity contribution in [1.82, 2.24) is 0 Å². The van der Waals surface area contributed by atoms with Crippen molar-refractivity contribution in [1.29, 1.82) is 0 Å². The van der Waals surface area contributed by atoms with E-state index in [-0.39, 0.29) is 11.8 Å². The van der Waals surface area contributed by atoms with Crippen LogP contribution in [0.5, 0.6) is 0 Å². The number of fused-ring (bicyclic) bond motifs is 1. The first-order chi connectivity index (χ1) is 10.3. The van der Waals surface area contributed by atoms with E-state index in [4.69, 9.17) is 11.6 Å². The van der Waals surface area contributed by atoms with Gasteiger partial charge in [0.25, 0.3) is 0 Å². The minimum atomic E-state index is -0.0392. The van der Waals surface area contributed by atoms with Crippen LogP contribution in [-0.4, -0.2) is 5.91 Å². The summed E-state index contributed by atoms with van der Waals surface area (Å²) in [6.07, 6.45) is 3.06. The molecular formula is C18H18ClNO. The molecule has 0 fully saturated rings. The highest BCUT2D eigenvalue weighted by molar-refractivity contribution is 6.17. The number of halogens is 1. The third-order valence-electron chi connectivity index (χ3n) is 4.06. The Kier molecular flexibility index (Phi) is 4.26. The normalized spacial score (nSPS) is 17.1. The number of benzene rings is 2. The topological polar surface area (TPSA) is 29.1 Å². The first-order valence-electron chi connectivity index (χ1n) is 7.31. The van der Waals surface area contributed by atoms with Gasteiger partial charge >= 0.3 is 0 Å². The average Bonchev–Trinajstić information content (AvgIpc) is 2.55. The van der Waals surface area contributed by atoms with Crippen molar-refractivity contribution >= 4 is 23.2 Å². The Morgan fingerprint density at radius 2 is 1.90 bits per heavy atom. The fourth-order valence-electron chi connectivity index (χ4n) is 2.93. The lowest BCUT2D eigenvalue weighted by Gasteiger charge is -2.24. The number of carbonyl (C=O) groups excluding carboxylic acids is 1. The lowest BCUT2D eigenvalue weighted by atomic mass is 9.82. The number of alkyl halides is 1. The lowest BCUT2D eigenvalue weighted by molar-refractivity contribution is -0.117. The van der Waals surface area contributed by atoms with E-state index in [1.54, 1.807) is 0 Å². The van der Waals surface area contributed by atoms with Crippen LogP contribution in [0.3, 0.4) is 0 Å². The van der Waals surface area contributed by atoms with E-state index in [0.717, 1.165) is 30.5 Å². The van der Waals surface area contributed by atoms with E-state index in [9.17, 15) is 4.79 Å². The smallest absolute Gasteiger partial charge is 0.231 e. The molecule has 1 unspecified atom stereocenters. The Morgan fingerprint density at radius 1 is 1.14 bits per heavy atom. The second kappa shape index (κ2) is 6.31. The number of hydrogen-bond donors (Lipinski definition) is 1. The van der Waals surface area contributed by atoms with Gasteiger partial charge < -0.3 is 5.32 Å². The molecule has 0 radical (unpaired) electrons. The van der Waals surface area contributed by atoms with E-state index < -0.39 is 0 Å². The maximum Gasteiger partial charge on any atom is 0.231 e. The average molecular weight is 300 g/mol. The minimum absolute atomic E-state index is 0.0392. The number of amides is 1. The molecule has 1 amide bonds. The molecule has 0 heterocycles. The van der Waals surface area contributed by atoms with Crippen molar-refractivity contribution in [2.24, 2.45) is 0 Å². The van der Waals surface area contributed by atoms with Gasteiger partial charge in [-0.3, -0.25) is 4.79 Å². The van der Waals surface area contributed by atoms with E-state index in [1.165, 1.54) is 11.1 Å². The largest absolute Gasteiger partial charge is 0.326 e. The van der Waals surface area contributed by atoms with Crippen molar-refractivity contribution < 1.29 is 4.79 Å². The van der Waals surface area contributed by atoms with Crippen LogP contribution in [0.1, 0.15) is 35.4 Å². The molecule has 1 atom stereocenters.